The number of halogens is 2. The molecule has 1 fully saturated rings. The van der Waals surface area contributed by atoms with Gasteiger partial charge in [-0.05, 0) is 62.9 Å². The average molecular weight is 306 g/mol. The van der Waals surface area contributed by atoms with Crippen LogP contribution in [0.25, 0.3) is 0 Å². The summed E-state index contributed by atoms with van der Waals surface area (Å²) >= 11 is 6.82. The monoisotopic (exact) mass is 304 g/mol. The van der Waals surface area contributed by atoms with Gasteiger partial charge in [0.05, 0.1) is 4.47 Å². The summed E-state index contributed by atoms with van der Waals surface area (Å²) in [7, 11) is 0. The van der Waals surface area contributed by atoms with E-state index in [9.17, 15) is 0 Å². The number of hydrogen-bond donors (Lipinski definition) is 1. The Bertz CT molecular complexity index is 308. The maximum absolute atomic E-state index is 4.25. The van der Waals surface area contributed by atoms with Crippen LogP contribution >= 0.6 is 31.9 Å². The molecule has 1 N–H and O–H groups in total. The standard InChI is InChI=1S/C9H10Br2N2/c10-7-4-6(5-13-9(7)11)8-2-1-3-12-8/h4-5,8,12H,1-3H2/t8-/m0/s1. The molecule has 0 radical (unpaired) electrons. The summed E-state index contributed by atoms with van der Waals surface area (Å²) < 4.78 is 1.90. The molecule has 1 aromatic heterocycles. The number of rotatable bonds is 1. The Kier molecular flexibility index (Phi) is 3.01. The molecule has 1 aliphatic heterocycles. The Morgan fingerprint density at radius 1 is 1.46 bits per heavy atom. The van der Waals surface area contributed by atoms with Crippen molar-refractivity contribution in [3.63, 3.8) is 0 Å². The normalized spacial score (nSPS) is 22.2. The number of aromatic nitrogens is 1. The van der Waals surface area contributed by atoms with Crippen LogP contribution in [0.5, 0.6) is 0 Å². The quantitative estimate of drug-likeness (QED) is 0.807. The molecule has 2 rings (SSSR count). The zero-order valence-corrected chi connectivity index (χ0v) is 10.2. The first-order valence-electron chi connectivity index (χ1n) is 4.31. The molecular weight excluding hydrogens is 296 g/mol. The van der Waals surface area contributed by atoms with E-state index in [-0.39, 0.29) is 0 Å². The third kappa shape index (κ3) is 2.11. The maximum atomic E-state index is 4.25. The first-order chi connectivity index (χ1) is 6.27. The molecule has 1 aliphatic rings. The lowest BCUT2D eigenvalue weighted by Crippen LogP contribution is -2.12. The molecule has 0 unspecified atom stereocenters. The van der Waals surface area contributed by atoms with Crippen LogP contribution < -0.4 is 5.32 Å². The van der Waals surface area contributed by atoms with Crippen molar-refractivity contribution < 1.29 is 0 Å². The first kappa shape index (κ1) is 9.62. The molecule has 0 saturated carbocycles. The molecule has 4 heteroatoms. The van der Waals surface area contributed by atoms with Crippen molar-refractivity contribution in [1.82, 2.24) is 10.3 Å². The molecule has 13 heavy (non-hydrogen) atoms. The van der Waals surface area contributed by atoms with Crippen LogP contribution in [0.15, 0.2) is 21.3 Å². The highest BCUT2D eigenvalue weighted by molar-refractivity contribution is 9.13. The minimum absolute atomic E-state index is 0.497. The molecule has 70 valence electrons. The van der Waals surface area contributed by atoms with Crippen molar-refractivity contribution in [3.8, 4) is 0 Å². The van der Waals surface area contributed by atoms with E-state index in [0.29, 0.717) is 6.04 Å². The smallest absolute Gasteiger partial charge is 0.120 e. The Morgan fingerprint density at radius 3 is 2.92 bits per heavy atom. The second-order valence-electron chi connectivity index (χ2n) is 3.19. The predicted molar refractivity (Wildman–Crippen MR) is 59.6 cm³/mol. The molecule has 0 bridgehead atoms. The minimum Gasteiger partial charge on any atom is -0.310 e. The summed E-state index contributed by atoms with van der Waals surface area (Å²) in [6.07, 6.45) is 4.41. The summed E-state index contributed by atoms with van der Waals surface area (Å²) in [5, 5.41) is 3.44. The van der Waals surface area contributed by atoms with Gasteiger partial charge in [0, 0.05) is 12.2 Å². The van der Waals surface area contributed by atoms with E-state index in [2.05, 4.69) is 48.2 Å². The average Bonchev–Trinajstić information content (AvgIpc) is 2.62. The molecule has 0 aliphatic carbocycles. The molecular formula is C9H10Br2N2. The molecule has 1 atom stereocenters. The molecule has 1 saturated heterocycles. The van der Waals surface area contributed by atoms with Crippen LogP contribution in [-0.2, 0) is 0 Å². The van der Waals surface area contributed by atoms with E-state index in [4.69, 9.17) is 0 Å². The highest BCUT2D eigenvalue weighted by Gasteiger charge is 2.16. The van der Waals surface area contributed by atoms with Gasteiger partial charge in [0.15, 0.2) is 0 Å². The zero-order valence-electron chi connectivity index (χ0n) is 7.06. The molecule has 2 heterocycles. The van der Waals surface area contributed by atoms with E-state index in [1.807, 2.05) is 6.20 Å². The van der Waals surface area contributed by atoms with Crippen LogP contribution in [0.1, 0.15) is 24.4 Å². The van der Waals surface area contributed by atoms with Crippen LogP contribution in [-0.4, -0.2) is 11.5 Å². The van der Waals surface area contributed by atoms with Crippen LogP contribution in [0.4, 0.5) is 0 Å². The van der Waals surface area contributed by atoms with Gasteiger partial charge >= 0.3 is 0 Å². The third-order valence-corrected chi connectivity index (χ3v) is 4.05. The van der Waals surface area contributed by atoms with Crippen molar-refractivity contribution >= 4 is 31.9 Å². The molecule has 0 aromatic carbocycles. The second-order valence-corrected chi connectivity index (χ2v) is 4.80. The minimum atomic E-state index is 0.497. The van der Waals surface area contributed by atoms with Crippen LogP contribution in [0.3, 0.4) is 0 Å². The highest BCUT2D eigenvalue weighted by atomic mass is 79.9. The Hall–Kier alpha value is 0.0700. The lowest BCUT2D eigenvalue weighted by molar-refractivity contribution is 0.644. The van der Waals surface area contributed by atoms with Gasteiger partial charge in [-0.1, -0.05) is 0 Å². The SMILES string of the molecule is Brc1cc([C@@H]2CCCN2)cnc1Br. The van der Waals surface area contributed by atoms with E-state index < -0.39 is 0 Å². The van der Waals surface area contributed by atoms with Crippen molar-refractivity contribution in [1.29, 1.82) is 0 Å². The van der Waals surface area contributed by atoms with Gasteiger partial charge in [-0.2, -0.15) is 0 Å². The lowest BCUT2D eigenvalue weighted by atomic mass is 10.1. The van der Waals surface area contributed by atoms with Gasteiger partial charge in [-0.15, -0.1) is 0 Å². The van der Waals surface area contributed by atoms with Crippen molar-refractivity contribution in [3.05, 3.63) is 26.9 Å². The summed E-state index contributed by atoms with van der Waals surface area (Å²) in [6, 6.07) is 2.62. The predicted octanol–water partition coefficient (Wildman–Crippen LogP) is 3.03. The van der Waals surface area contributed by atoms with Gasteiger partial charge in [0.2, 0.25) is 0 Å². The van der Waals surface area contributed by atoms with Gasteiger partial charge < -0.3 is 5.32 Å². The fourth-order valence-corrected chi connectivity index (χ4v) is 2.18. The van der Waals surface area contributed by atoms with Gasteiger partial charge in [0.25, 0.3) is 0 Å². The second kappa shape index (κ2) is 4.07. The Labute approximate surface area is 94.4 Å². The number of pyridine rings is 1. The van der Waals surface area contributed by atoms with E-state index in [1.165, 1.54) is 18.4 Å². The largest absolute Gasteiger partial charge is 0.310 e. The van der Waals surface area contributed by atoms with Crippen molar-refractivity contribution in [2.24, 2.45) is 0 Å². The zero-order chi connectivity index (χ0) is 9.26. The summed E-state index contributed by atoms with van der Waals surface area (Å²) in [4.78, 5) is 4.25. The molecule has 0 spiro atoms. The van der Waals surface area contributed by atoms with Crippen LogP contribution in [0, 0.1) is 0 Å². The maximum Gasteiger partial charge on any atom is 0.120 e. The number of hydrogen-bond acceptors (Lipinski definition) is 2. The van der Waals surface area contributed by atoms with Crippen molar-refractivity contribution in [2.75, 3.05) is 6.54 Å². The van der Waals surface area contributed by atoms with Gasteiger partial charge in [-0.3, -0.25) is 0 Å². The first-order valence-corrected chi connectivity index (χ1v) is 5.90. The molecule has 1 aromatic rings. The van der Waals surface area contributed by atoms with Gasteiger partial charge in [0.1, 0.15) is 4.60 Å². The number of nitrogens with one attached hydrogen (secondary N) is 1. The van der Waals surface area contributed by atoms with E-state index in [1.54, 1.807) is 0 Å². The number of nitrogens with zero attached hydrogens (tertiary/aromatic N) is 1. The summed E-state index contributed by atoms with van der Waals surface area (Å²) in [5.74, 6) is 0. The fraction of sp³-hybridized carbons (Fsp3) is 0.444. The van der Waals surface area contributed by atoms with Crippen molar-refractivity contribution in [2.45, 2.75) is 18.9 Å². The fourth-order valence-electron chi connectivity index (χ4n) is 1.60. The Balaban J connectivity index is 2.25. The topological polar surface area (TPSA) is 24.9 Å². The molecule has 0 amide bonds. The van der Waals surface area contributed by atoms with Gasteiger partial charge in [-0.25, -0.2) is 4.98 Å². The Morgan fingerprint density at radius 2 is 2.31 bits per heavy atom. The third-order valence-electron chi connectivity index (χ3n) is 2.28. The van der Waals surface area contributed by atoms with E-state index in [0.717, 1.165) is 15.6 Å². The van der Waals surface area contributed by atoms with Crippen LogP contribution in [0.2, 0.25) is 0 Å². The summed E-state index contributed by atoms with van der Waals surface area (Å²) in [6.45, 7) is 1.12. The molecule has 2 nitrogen and oxygen atoms in total. The van der Waals surface area contributed by atoms with E-state index >= 15 is 0 Å². The lowest BCUT2D eigenvalue weighted by Gasteiger charge is -2.10. The highest BCUT2D eigenvalue weighted by Crippen LogP contribution is 2.27. The summed E-state index contributed by atoms with van der Waals surface area (Å²) in [5.41, 5.74) is 1.27.